The maximum atomic E-state index is 12.1. The summed E-state index contributed by atoms with van der Waals surface area (Å²) in [6.45, 7) is 0. The van der Waals surface area contributed by atoms with E-state index in [-0.39, 0.29) is 4.90 Å². The fourth-order valence-electron chi connectivity index (χ4n) is 1.85. The molecule has 0 spiro atoms. The van der Waals surface area contributed by atoms with Gasteiger partial charge < -0.3 is 0 Å². The predicted molar refractivity (Wildman–Crippen MR) is 71.7 cm³/mol. The number of fused-ring (bicyclic) bond motifs is 2. The zero-order chi connectivity index (χ0) is 13.5. The standard InChI is InChI=1S/C13H9NO3S2/c15-13-9-5-1-2-6-10(9)18-11-7-3-4-8-12(11)19(16,17)14-13/h1-8H,(H,14,15). The van der Waals surface area contributed by atoms with Gasteiger partial charge in [0.25, 0.3) is 15.9 Å². The molecule has 0 bridgehead atoms. The van der Waals surface area contributed by atoms with Gasteiger partial charge in [0.05, 0.1) is 5.56 Å². The molecule has 2 aromatic carbocycles. The Hall–Kier alpha value is -1.79. The van der Waals surface area contributed by atoms with Crippen LogP contribution in [0.3, 0.4) is 0 Å². The Balaban J connectivity index is 2.27. The van der Waals surface area contributed by atoms with Gasteiger partial charge in [0.2, 0.25) is 0 Å². The van der Waals surface area contributed by atoms with Crippen LogP contribution in [0.2, 0.25) is 0 Å². The van der Waals surface area contributed by atoms with Gasteiger partial charge in [-0.3, -0.25) is 4.79 Å². The number of hydrogen-bond donors (Lipinski definition) is 1. The molecule has 0 aliphatic carbocycles. The van der Waals surface area contributed by atoms with Crippen LogP contribution in [0.1, 0.15) is 10.4 Å². The molecule has 0 saturated carbocycles. The summed E-state index contributed by atoms with van der Waals surface area (Å²) >= 11 is 1.28. The van der Waals surface area contributed by atoms with Crippen molar-refractivity contribution in [2.45, 2.75) is 14.7 Å². The lowest BCUT2D eigenvalue weighted by atomic mass is 10.2. The third-order valence-electron chi connectivity index (χ3n) is 2.72. The summed E-state index contributed by atoms with van der Waals surface area (Å²) in [5.41, 5.74) is 0.366. The van der Waals surface area contributed by atoms with E-state index in [9.17, 15) is 13.2 Å². The molecular formula is C13H9NO3S2. The SMILES string of the molecule is O=C1NS(=O)(=O)c2ccccc2Sc2ccccc21. The average Bonchev–Trinajstić information content (AvgIpc) is 2.38. The second-order valence-corrected chi connectivity index (χ2v) is 6.71. The zero-order valence-electron chi connectivity index (χ0n) is 9.66. The van der Waals surface area contributed by atoms with Crippen LogP contribution in [0.5, 0.6) is 0 Å². The first-order valence-corrected chi connectivity index (χ1v) is 7.81. The molecule has 1 aliphatic rings. The maximum Gasteiger partial charge on any atom is 0.266 e. The van der Waals surface area contributed by atoms with Gasteiger partial charge in [-0.15, -0.1) is 0 Å². The van der Waals surface area contributed by atoms with E-state index >= 15 is 0 Å². The number of amides is 1. The normalized spacial score (nSPS) is 16.5. The fourth-order valence-corrected chi connectivity index (χ4v) is 4.33. The van der Waals surface area contributed by atoms with Crippen molar-refractivity contribution < 1.29 is 13.2 Å². The van der Waals surface area contributed by atoms with Crippen molar-refractivity contribution in [3.05, 3.63) is 54.1 Å². The zero-order valence-corrected chi connectivity index (χ0v) is 11.3. The smallest absolute Gasteiger partial charge is 0.266 e. The summed E-state index contributed by atoms with van der Waals surface area (Å²) < 4.78 is 26.3. The molecule has 0 fully saturated rings. The van der Waals surface area contributed by atoms with Gasteiger partial charge in [-0.25, -0.2) is 13.1 Å². The highest BCUT2D eigenvalue weighted by Gasteiger charge is 2.26. The van der Waals surface area contributed by atoms with Crippen LogP contribution in [-0.4, -0.2) is 14.3 Å². The van der Waals surface area contributed by atoms with Crippen molar-refractivity contribution >= 4 is 27.7 Å². The summed E-state index contributed by atoms with van der Waals surface area (Å²) in [4.78, 5) is 13.5. The highest BCUT2D eigenvalue weighted by molar-refractivity contribution is 8.00. The molecule has 0 aromatic heterocycles. The molecule has 96 valence electrons. The van der Waals surface area contributed by atoms with Gasteiger partial charge in [-0.2, -0.15) is 0 Å². The number of benzene rings is 2. The number of sulfonamides is 1. The minimum atomic E-state index is -3.81. The molecule has 2 aromatic rings. The second kappa shape index (κ2) is 4.40. The Kier molecular flexibility index (Phi) is 2.83. The minimum absolute atomic E-state index is 0.128. The molecule has 6 heteroatoms. The van der Waals surface area contributed by atoms with Gasteiger partial charge in [0.1, 0.15) is 4.90 Å². The van der Waals surface area contributed by atoms with Crippen LogP contribution in [0, 0.1) is 0 Å². The van der Waals surface area contributed by atoms with Crippen LogP contribution >= 0.6 is 11.8 Å². The van der Waals surface area contributed by atoms with E-state index < -0.39 is 15.9 Å². The average molecular weight is 291 g/mol. The van der Waals surface area contributed by atoms with Crippen LogP contribution in [0.15, 0.2) is 63.2 Å². The van der Waals surface area contributed by atoms with E-state index in [4.69, 9.17) is 0 Å². The fraction of sp³-hybridized carbons (Fsp3) is 0. The van der Waals surface area contributed by atoms with E-state index in [0.717, 1.165) is 4.90 Å². The van der Waals surface area contributed by atoms with Crippen LogP contribution < -0.4 is 4.72 Å². The molecule has 4 nitrogen and oxygen atoms in total. The number of rotatable bonds is 0. The molecule has 1 aliphatic heterocycles. The summed E-state index contributed by atoms with van der Waals surface area (Å²) in [5, 5.41) is 0. The van der Waals surface area contributed by atoms with E-state index in [2.05, 4.69) is 4.72 Å². The lowest BCUT2D eigenvalue weighted by Gasteiger charge is -2.16. The van der Waals surface area contributed by atoms with E-state index in [0.29, 0.717) is 10.5 Å². The molecule has 0 unspecified atom stereocenters. The summed E-state index contributed by atoms with van der Waals surface area (Å²) in [6, 6.07) is 13.6. The van der Waals surface area contributed by atoms with Gasteiger partial charge >= 0.3 is 0 Å². The first-order valence-electron chi connectivity index (χ1n) is 5.51. The van der Waals surface area contributed by atoms with Crippen molar-refractivity contribution in [3.63, 3.8) is 0 Å². The summed E-state index contributed by atoms with van der Waals surface area (Å²) in [6.07, 6.45) is 0. The van der Waals surface area contributed by atoms with Crippen LogP contribution in [-0.2, 0) is 10.0 Å². The lowest BCUT2D eigenvalue weighted by Crippen LogP contribution is -2.32. The first-order chi connectivity index (χ1) is 9.08. The predicted octanol–water partition coefficient (Wildman–Crippen LogP) is 2.27. The van der Waals surface area contributed by atoms with Gasteiger partial charge in [0.15, 0.2) is 0 Å². The van der Waals surface area contributed by atoms with E-state index in [1.54, 1.807) is 36.4 Å². The molecule has 0 saturated heterocycles. The molecule has 1 N–H and O–H groups in total. The van der Waals surface area contributed by atoms with Crippen LogP contribution in [0.4, 0.5) is 0 Å². The third-order valence-corrected chi connectivity index (χ3v) is 5.39. The Labute approximate surface area is 114 Å². The topological polar surface area (TPSA) is 63.2 Å². The number of hydrogen-bond acceptors (Lipinski definition) is 4. The second-order valence-electron chi connectivity index (χ2n) is 3.98. The Morgan fingerprint density at radius 1 is 0.895 bits per heavy atom. The number of carbonyl (C=O) groups is 1. The third kappa shape index (κ3) is 2.13. The Morgan fingerprint density at radius 2 is 1.53 bits per heavy atom. The van der Waals surface area contributed by atoms with Crippen molar-refractivity contribution in [1.82, 2.24) is 4.72 Å². The maximum absolute atomic E-state index is 12.1. The molecule has 3 rings (SSSR count). The quantitative estimate of drug-likeness (QED) is 0.808. The van der Waals surface area contributed by atoms with Crippen molar-refractivity contribution in [2.75, 3.05) is 0 Å². The van der Waals surface area contributed by atoms with Gasteiger partial charge in [-0.1, -0.05) is 36.0 Å². The highest BCUT2D eigenvalue weighted by atomic mass is 32.2. The van der Waals surface area contributed by atoms with Crippen molar-refractivity contribution in [2.24, 2.45) is 0 Å². The first kappa shape index (κ1) is 12.3. The number of nitrogens with one attached hydrogen (secondary N) is 1. The summed E-state index contributed by atoms with van der Waals surface area (Å²) in [7, 11) is -3.81. The van der Waals surface area contributed by atoms with Crippen molar-refractivity contribution in [3.8, 4) is 0 Å². The van der Waals surface area contributed by atoms with Gasteiger partial charge in [0, 0.05) is 9.79 Å². The summed E-state index contributed by atoms with van der Waals surface area (Å²) in [5.74, 6) is -0.599. The van der Waals surface area contributed by atoms with Crippen molar-refractivity contribution in [1.29, 1.82) is 0 Å². The highest BCUT2D eigenvalue weighted by Crippen LogP contribution is 2.36. The Morgan fingerprint density at radius 3 is 2.32 bits per heavy atom. The number of carbonyl (C=O) groups excluding carboxylic acids is 1. The van der Waals surface area contributed by atoms with E-state index in [1.165, 1.54) is 17.8 Å². The minimum Gasteiger partial charge on any atom is -0.268 e. The molecule has 0 radical (unpaired) electrons. The lowest BCUT2D eigenvalue weighted by molar-refractivity contribution is 0.0978. The molecule has 1 heterocycles. The molecule has 0 atom stereocenters. The monoisotopic (exact) mass is 291 g/mol. The van der Waals surface area contributed by atoms with Crippen LogP contribution in [0.25, 0.3) is 0 Å². The molecular weight excluding hydrogens is 282 g/mol. The van der Waals surface area contributed by atoms with E-state index in [1.807, 2.05) is 6.07 Å². The molecule has 19 heavy (non-hydrogen) atoms. The Bertz CT molecular complexity index is 769. The molecule has 1 amide bonds. The largest absolute Gasteiger partial charge is 0.268 e. The van der Waals surface area contributed by atoms with Gasteiger partial charge in [-0.05, 0) is 24.3 Å².